The van der Waals surface area contributed by atoms with Gasteiger partial charge < -0.3 is 13.7 Å². The highest BCUT2D eigenvalue weighted by atomic mass is 16.3. The average Bonchev–Trinajstić information content (AvgIpc) is 3.89. The molecule has 0 aliphatic heterocycles. The maximum absolute atomic E-state index is 6.70. The quantitative estimate of drug-likeness (QED) is 0.166. The molecule has 0 radical (unpaired) electrons. The number of hydrogen-bond acceptors (Lipinski definition) is 4. The highest BCUT2D eigenvalue weighted by molar-refractivity contribution is 6.26. The van der Waals surface area contributed by atoms with Crippen LogP contribution in [0, 0.1) is 0 Å². The third-order valence-corrected chi connectivity index (χ3v) is 11.5. The fourth-order valence-corrected chi connectivity index (χ4v) is 8.81. The number of para-hydroxylation sites is 2. The molecule has 0 saturated heterocycles. The minimum Gasteiger partial charge on any atom is -0.455 e. The van der Waals surface area contributed by atoms with E-state index in [1.54, 1.807) is 0 Å². The van der Waals surface area contributed by atoms with Gasteiger partial charge in [0.05, 0.1) is 0 Å². The van der Waals surface area contributed by atoms with Gasteiger partial charge in [0, 0.05) is 38.8 Å². The van der Waals surface area contributed by atoms with E-state index in [0.29, 0.717) is 5.89 Å². The normalized spacial score (nSPS) is 11.9. The molecule has 4 nitrogen and oxygen atoms in total. The van der Waals surface area contributed by atoms with Gasteiger partial charge in [0.25, 0.3) is 0 Å². The number of nitrogens with zero attached hydrogens (tertiary/aromatic N) is 2. The first-order chi connectivity index (χ1) is 28.2. The van der Waals surface area contributed by atoms with Crippen molar-refractivity contribution < 1.29 is 8.83 Å². The van der Waals surface area contributed by atoms with Crippen molar-refractivity contribution >= 4 is 93.2 Å². The van der Waals surface area contributed by atoms with Gasteiger partial charge in [-0.15, -0.1) is 0 Å². The first-order valence-electron chi connectivity index (χ1n) is 19.3. The molecule has 0 atom stereocenters. The Morgan fingerprint density at radius 2 is 0.877 bits per heavy atom. The molecule has 0 spiro atoms. The molecular weight excluding hydrogens is 697 g/mol. The van der Waals surface area contributed by atoms with Gasteiger partial charge in [-0.25, -0.2) is 4.98 Å². The maximum Gasteiger partial charge on any atom is 0.227 e. The summed E-state index contributed by atoms with van der Waals surface area (Å²) in [6.45, 7) is 0. The van der Waals surface area contributed by atoms with E-state index in [1.807, 2.05) is 24.3 Å². The van der Waals surface area contributed by atoms with Crippen LogP contribution < -0.4 is 4.90 Å². The van der Waals surface area contributed by atoms with E-state index in [-0.39, 0.29) is 0 Å². The number of aromatic nitrogens is 1. The lowest BCUT2D eigenvalue weighted by Crippen LogP contribution is -2.10. The molecule has 12 rings (SSSR count). The lowest BCUT2D eigenvalue weighted by Gasteiger charge is -2.26. The van der Waals surface area contributed by atoms with E-state index in [4.69, 9.17) is 13.8 Å². The van der Waals surface area contributed by atoms with Crippen molar-refractivity contribution in [1.29, 1.82) is 0 Å². The topological polar surface area (TPSA) is 42.4 Å². The number of anilines is 3. The molecule has 12 aromatic rings. The summed E-state index contributed by atoms with van der Waals surface area (Å²) in [4.78, 5) is 7.28. The SMILES string of the molecule is c1ccc(-c2ccc(N(c3ccc4oc5c6ccccc6c(-c6nc7ccccc7o6)cc5c4c3)c3ccc4c5ccccc5c5ccccc5c4c3)cc2)cc1. The molecule has 4 heteroatoms. The van der Waals surface area contributed by atoms with Crippen LogP contribution in [-0.2, 0) is 0 Å². The van der Waals surface area contributed by atoms with Gasteiger partial charge >= 0.3 is 0 Å². The van der Waals surface area contributed by atoms with Crippen molar-refractivity contribution in [3.05, 3.63) is 194 Å². The Kier molecular flexibility index (Phi) is 6.89. The molecule has 0 aliphatic rings. The molecule has 0 unspecified atom stereocenters. The highest BCUT2D eigenvalue weighted by Crippen LogP contribution is 2.45. The summed E-state index contributed by atoms with van der Waals surface area (Å²) in [6.07, 6.45) is 0. The van der Waals surface area contributed by atoms with Crippen molar-refractivity contribution in [2.24, 2.45) is 0 Å². The molecule has 2 aromatic heterocycles. The molecule has 266 valence electrons. The standard InChI is InChI=1S/C53H32N2O2/c1-2-12-33(13-3-1)34-22-24-35(25-23-34)55(36-26-28-43-40-16-5-4-14-38(40)39-15-6-7-17-41(39)45(43)30-36)37-27-29-50-46(31-37)47-32-48(42-18-8-9-19-44(42)52(47)56-50)53-54-49-20-10-11-21-51(49)57-53/h1-32H. The smallest absolute Gasteiger partial charge is 0.227 e. The minimum absolute atomic E-state index is 0.593. The number of oxazole rings is 1. The molecule has 0 saturated carbocycles. The van der Waals surface area contributed by atoms with Crippen LogP contribution in [0.2, 0.25) is 0 Å². The Morgan fingerprint density at radius 3 is 1.60 bits per heavy atom. The van der Waals surface area contributed by atoms with Gasteiger partial charge in [-0.05, 0) is 109 Å². The lowest BCUT2D eigenvalue weighted by atomic mass is 9.94. The molecule has 0 fully saturated rings. The zero-order valence-corrected chi connectivity index (χ0v) is 30.7. The van der Waals surface area contributed by atoms with Crippen LogP contribution in [0.5, 0.6) is 0 Å². The molecule has 0 bridgehead atoms. The molecule has 10 aromatic carbocycles. The number of rotatable bonds is 5. The molecular formula is C53H32N2O2. The van der Waals surface area contributed by atoms with Crippen molar-refractivity contribution in [2.45, 2.75) is 0 Å². The minimum atomic E-state index is 0.593. The van der Waals surface area contributed by atoms with Gasteiger partial charge in [-0.1, -0.05) is 133 Å². The number of fused-ring (bicyclic) bond motifs is 12. The zero-order chi connectivity index (χ0) is 37.5. The van der Waals surface area contributed by atoms with E-state index < -0.39 is 0 Å². The largest absolute Gasteiger partial charge is 0.455 e. The Bertz CT molecular complexity index is 3460. The number of benzene rings is 10. The van der Waals surface area contributed by atoms with Crippen molar-refractivity contribution in [2.75, 3.05) is 4.90 Å². The maximum atomic E-state index is 6.70. The predicted octanol–water partition coefficient (Wildman–Crippen LogP) is 15.1. The fraction of sp³-hybridized carbons (Fsp3) is 0. The summed E-state index contributed by atoms with van der Waals surface area (Å²) in [7, 11) is 0. The summed E-state index contributed by atoms with van der Waals surface area (Å²) in [6, 6.07) is 68.8. The average molecular weight is 729 g/mol. The molecule has 2 heterocycles. The number of furan rings is 1. The summed E-state index contributed by atoms with van der Waals surface area (Å²) in [5.74, 6) is 0.593. The van der Waals surface area contributed by atoms with Crippen molar-refractivity contribution in [3.63, 3.8) is 0 Å². The lowest BCUT2D eigenvalue weighted by molar-refractivity contribution is 0.620. The van der Waals surface area contributed by atoms with Crippen LogP contribution in [0.15, 0.2) is 203 Å². The van der Waals surface area contributed by atoms with Crippen LogP contribution in [-0.4, -0.2) is 4.98 Å². The summed E-state index contributed by atoms with van der Waals surface area (Å²) in [5.41, 5.74) is 9.72. The molecule has 0 amide bonds. The Balaban J connectivity index is 1.10. The van der Waals surface area contributed by atoms with Crippen molar-refractivity contribution in [1.82, 2.24) is 4.98 Å². The second-order valence-corrected chi connectivity index (χ2v) is 14.7. The van der Waals surface area contributed by atoms with Crippen LogP contribution in [0.3, 0.4) is 0 Å². The van der Waals surface area contributed by atoms with Crippen molar-refractivity contribution in [3.8, 4) is 22.6 Å². The van der Waals surface area contributed by atoms with Gasteiger partial charge in [-0.2, -0.15) is 0 Å². The second-order valence-electron chi connectivity index (χ2n) is 14.7. The van der Waals surface area contributed by atoms with E-state index in [2.05, 4.69) is 175 Å². The summed E-state index contributed by atoms with van der Waals surface area (Å²) in [5, 5.41) is 11.6. The molecule has 57 heavy (non-hydrogen) atoms. The second kappa shape index (κ2) is 12.4. The summed E-state index contributed by atoms with van der Waals surface area (Å²) < 4.78 is 13.1. The van der Waals surface area contributed by atoms with Crippen LogP contribution in [0.25, 0.3) is 98.7 Å². The Morgan fingerprint density at radius 1 is 0.333 bits per heavy atom. The first kappa shape index (κ1) is 31.6. The Hall–Kier alpha value is -7.69. The first-order valence-corrected chi connectivity index (χ1v) is 19.3. The van der Waals surface area contributed by atoms with Crippen LogP contribution in [0.4, 0.5) is 17.1 Å². The molecule has 0 N–H and O–H groups in total. The van der Waals surface area contributed by atoms with Gasteiger partial charge in [-0.3, -0.25) is 0 Å². The highest BCUT2D eigenvalue weighted by Gasteiger charge is 2.21. The molecule has 0 aliphatic carbocycles. The number of hydrogen-bond donors (Lipinski definition) is 0. The Labute approximate surface area is 327 Å². The third-order valence-electron chi connectivity index (χ3n) is 11.5. The third kappa shape index (κ3) is 4.98. The van der Waals surface area contributed by atoms with Gasteiger partial charge in [0.15, 0.2) is 5.58 Å². The van der Waals surface area contributed by atoms with Crippen LogP contribution >= 0.6 is 0 Å². The van der Waals surface area contributed by atoms with E-state index in [0.717, 1.165) is 66.4 Å². The van der Waals surface area contributed by atoms with Gasteiger partial charge in [0.1, 0.15) is 16.7 Å². The monoisotopic (exact) mass is 728 g/mol. The summed E-state index contributed by atoms with van der Waals surface area (Å²) >= 11 is 0. The van der Waals surface area contributed by atoms with E-state index >= 15 is 0 Å². The van der Waals surface area contributed by atoms with E-state index in [9.17, 15) is 0 Å². The van der Waals surface area contributed by atoms with Gasteiger partial charge in [0.2, 0.25) is 5.89 Å². The fourth-order valence-electron chi connectivity index (χ4n) is 8.81. The zero-order valence-electron chi connectivity index (χ0n) is 30.7. The van der Waals surface area contributed by atoms with Crippen LogP contribution in [0.1, 0.15) is 0 Å². The predicted molar refractivity (Wildman–Crippen MR) is 237 cm³/mol. The van der Waals surface area contributed by atoms with E-state index in [1.165, 1.54) is 43.4 Å².